The molecule has 0 aliphatic carbocycles. The second kappa shape index (κ2) is 5.83. The molecule has 0 unspecified atom stereocenters. The molecule has 0 atom stereocenters. The van der Waals surface area contributed by atoms with Crippen molar-refractivity contribution in [1.29, 1.82) is 0 Å². The van der Waals surface area contributed by atoms with Crippen LogP contribution in [0.4, 0.5) is 11.4 Å². The number of halogens is 1. The number of nitrogens with one attached hydrogen (secondary N) is 1. The number of aromatic nitrogens is 2. The van der Waals surface area contributed by atoms with Crippen LogP contribution in [0.15, 0.2) is 24.4 Å². The van der Waals surface area contributed by atoms with Gasteiger partial charge in [-0.3, -0.25) is 9.48 Å². The first-order chi connectivity index (χ1) is 9.56. The molecule has 0 spiro atoms. The maximum absolute atomic E-state index is 12.3. The van der Waals surface area contributed by atoms with Gasteiger partial charge in [-0.1, -0.05) is 11.6 Å². The Balaban J connectivity index is 2.30. The Labute approximate surface area is 121 Å². The molecule has 1 aromatic carbocycles. The molecule has 0 saturated heterocycles. The third-order valence-corrected chi connectivity index (χ3v) is 3.13. The predicted octanol–water partition coefficient (Wildman–Crippen LogP) is 2.40. The van der Waals surface area contributed by atoms with Gasteiger partial charge in [-0.25, -0.2) is 0 Å². The minimum atomic E-state index is -0.364. The molecule has 7 heteroatoms. The van der Waals surface area contributed by atoms with Crippen LogP contribution in [0.1, 0.15) is 17.4 Å². The minimum Gasteiger partial charge on any atom is -0.497 e. The van der Waals surface area contributed by atoms with Gasteiger partial charge in [0.15, 0.2) is 0 Å². The van der Waals surface area contributed by atoms with Gasteiger partial charge < -0.3 is 15.8 Å². The van der Waals surface area contributed by atoms with Crippen LogP contribution in [0.25, 0.3) is 0 Å². The quantitative estimate of drug-likeness (QED) is 0.907. The number of aryl methyl sites for hydroxylation is 1. The van der Waals surface area contributed by atoms with E-state index in [4.69, 9.17) is 22.1 Å². The van der Waals surface area contributed by atoms with E-state index in [1.165, 1.54) is 10.9 Å². The summed E-state index contributed by atoms with van der Waals surface area (Å²) in [5.41, 5.74) is 6.86. The van der Waals surface area contributed by atoms with E-state index in [1.807, 2.05) is 6.92 Å². The largest absolute Gasteiger partial charge is 0.497 e. The Morgan fingerprint density at radius 1 is 1.55 bits per heavy atom. The fraction of sp³-hybridized carbons (Fsp3) is 0.231. The highest BCUT2D eigenvalue weighted by Gasteiger charge is 2.17. The van der Waals surface area contributed by atoms with E-state index in [1.54, 1.807) is 25.3 Å². The Hall–Kier alpha value is -2.21. The number of amides is 1. The third kappa shape index (κ3) is 2.70. The number of benzene rings is 1. The number of carbonyl (C=O) groups excluding carboxylic acids is 1. The lowest BCUT2D eigenvalue weighted by atomic mass is 10.2. The number of ether oxygens (including phenoxy) is 1. The van der Waals surface area contributed by atoms with Crippen molar-refractivity contribution in [2.24, 2.45) is 0 Å². The van der Waals surface area contributed by atoms with E-state index >= 15 is 0 Å². The minimum absolute atomic E-state index is 0.311. The molecule has 0 saturated carbocycles. The molecule has 106 valence electrons. The normalized spacial score (nSPS) is 10.3. The summed E-state index contributed by atoms with van der Waals surface area (Å²) in [5, 5.41) is 7.15. The molecule has 0 fully saturated rings. The van der Waals surface area contributed by atoms with Gasteiger partial charge in [-0.2, -0.15) is 5.10 Å². The third-order valence-electron chi connectivity index (χ3n) is 2.80. The summed E-state index contributed by atoms with van der Waals surface area (Å²) < 4.78 is 6.63. The highest BCUT2D eigenvalue weighted by Crippen LogP contribution is 2.27. The molecule has 1 amide bonds. The van der Waals surface area contributed by atoms with Gasteiger partial charge in [0.2, 0.25) is 0 Å². The van der Waals surface area contributed by atoms with Crippen LogP contribution >= 0.6 is 11.6 Å². The van der Waals surface area contributed by atoms with E-state index in [0.29, 0.717) is 34.4 Å². The number of nitrogen functional groups attached to an aromatic ring is 1. The SMILES string of the molecule is CCn1ncc(N)c1C(=O)Nc1cc(OC)ccc1Cl. The van der Waals surface area contributed by atoms with Gasteiger partial charge >= 0.3 is 0 Å². The first kappa shape index (κ1) is 14.2. The summed E-state index contributed by atoms with van der Waals surface area (Å²) in [5.74, 6) is 0.235. The van der Waals surface area contributed by atoms with Crippen LogP contribution in [0, 0.1) is 0 Å². The molecule has 1 aromatic heterocycles. The van der Waals surface area contributed by atoms with Gasteiger partial charge in [-0.15, -0.1) is 0 Å². The average Bonchev–Trinajstić information content (AvgIpc) is 2.82. The van der Waals surface area contributed by atoms with Crippen molar-refractivity contribution in [2.75, 3.05) is 18.2 Å². The number of carbonyl (C=O) groups is 1. The van der Waals surface area contributed by atoms with Crippen molar-refractivity contribution < 1.29 is 9.53 Å². The Kier molecular flexibility index (Phi) is 4.14. The van der Waals surface area contributed by atoms with E-state index in [9.17, 15) is 4.79 Å². The topological polar surface area (TPSA) is 82.2 Å². The van der Waals surface area contributed by atoms with E-state index in [0.717, 1.165) is 0 Å². The lowest BCUT2D eigenvalue weighted by Crippen LogP contribution is -2.19. The Morgan fingerprint density at radius 3 is 2.95 bits per heavy atom. The lowest BCUT2D eigenvalue weighted by Gasteiger charge is -2.10. The average molecular weight is 295 g/mol. The summed E-state index contributed by atoms with van der Waals surface area (Å²) >= 11 is 6.05. The van der Waals surface area contributed by atoms with Crippen LogP contribution in [0.3, 0.4) is 0 Å². The van der Waals surface area contributed by atoms with Crippen molar-refractivity contribution in [1.82, 2.24) is 9.78 Å². The fourth-order valence-corrected chi connectivity index (χ4v) is 1.96. The van der Waals surface area contributed by atoms with Gasteiger partial charge in [0.1, 0.15) is 11.4 Å². The zero-order chi connectivity index (χ0) is 14.7. The number of methoxy groups -OCH3 is 1. The maximum atomic E-state index is 12.3. The molecule has 2 aromatic rings. The molecule has 0 radical (unpaired) electrons. The van der Waals surface area contributed by atoms with Gasteiger partial charge in [-0.05, 0) is 19.1 Å². The summed E-state index contributed by atoms with van der Waals surface area (Å²) in [7, 11) is 1.54. The molecule has 0 aliphatic rings. The van der Waals surface area contributed by atoms with E-state index < -0.39 is 0 Å². The monoisotopic (exact) mass is 294 g/mol. The van der Waals surface area contributed by atoms with Gasteiger partial charge in [0.05, 0.1) is 29.7 Å². The number of hydrogen-bond donors (Lipinski definition) is 2. The molecule has 0 aliphatic heterocycles. The highest BCUT2D eigenvalue weighted by atomic mass is 35.5. The zero-order valence-corrected chi connectivity index (χ0v) is 11.9. The highest BCUT2D eigenvalue weighted by molar-refractivity contribution is 6.34. The predicted molar refractivity (Wildman–Crippen MR) is 78.3 cm³/mol. The Bertz CT molecular complexity index is 639. The molecule has 20 heavy (non-hydrogen) atoms. The Morgan fingerprint density at radius 2 is 2.30 bits per heavy atom. The summed E-state index contributed by atoms with van der Waals surface area (Å²) in [6.45, 7) is 2.42. The molecule has 3 N–H and O–H groups in total. The van der Waals surface area contributed by atoms with Crippen LogP contribution in [0.2, 0.25) is 5.02 Å². The van der Waals surface area contributed by atoms with E-state index in [2.05, 4.69) is 10.4 Å². The first-order valence-corrected chi connectivity index (χ1v) is 6.40. The van der Waals surface area contributed by atoms with Crippen LogP contribution in [-0.2, 0) is 6.54 Å². The van der Waals surface area contributed by atoms with Crippen molar-refractivity contribution >= 4 is 28.9 Å². The summed E-state index contributed by atoms with van der Waals surface area (Å²) in [6.07, 6.45) is 1.45. The summed E-state index contributed by atoms with van der Waals surface area (Å²) in [6, 6.07) is 5.00. The fourth-order valence-electron chi connectivity index (χ4n) is 1.80. The zero-order valence-electron chi connectivity index (χ0n) is 11.2. The number of hydrogen-bond acceptors (Lipinski definition) is 4. The van der Waals surface area contributed by atoms with Crippen molar-refractivity contribution in [3.63, 3.8) is 0 Å². The molecule has 6 nitrogen and oxygen atoms in total. The smallest absolute Gasteiger partial charge is 0.276 e. The second-order valence-electron chi connectivity index (χ2n) is 4.06. The van der Waals surface area contributed by atoms with Gasteiger partial charge in [0.25, 0.3) is 5.91 Å². The van der Waals surface area contributed by atoms with Crippen LogP contribution < -0.4 is 15.8 Å². The maximum Gasteiger partial charge on any atom is 0.276 e. The number of rotatable bonds is 4. The number of nitrogens with two attached hydrogens (primary N) is 1. The number of nitrogens with zero attached hydrogens (tertiary/aromatic N) is 2. The van der Waals surface area contributed by atoms with Crippen molar-refractivity contribution in [3.05, 3.63) is 35.1 Å². The van der Waals surface area contributed by atoms with Crippen LogP contribution in [0.5, 0.6) is 5.75 Å². The van der Waals surface area contributed by atoms with E-state index in [-0.39, 0.29) is 5.91 Å². The van der Waals surface area contributed by atoms with Crippen LogP contribution in [-0.4, -0.2) is 22.8 Å². The molecular formula is C13H15ClN4O2. The summed E-state index contributed by atoms with van der Waals surface area (Å²) in [4.78, 5) is 12.3. The van der Waals surface area contributed by atoms with Gasteiger partial charge in [0, 0.05) is 12.6 Å². The molecule has 0 bridgehead atoms. The number of anilines is 2. The molecule has 1 heterocycles. The second-order valence-corrected chi connectivity index (χ2v) is 4.47. The first-order valence-electron chi connectivity index (χ1n) is 6.03. The van der Waals surface area contributed by atoms with Crippen molar-refractivity contribution in [2.45, 2.75) is 13.5 Å². The lowest BCUT2D eigenvalue weighted by molar-refractivity contribution is 0.101. The molecular weight excluding hydrogens is 280 g/mol. The standard InChI is InChI=1S/C13H15ClN4O2/c1-3-18-12(10(15)7-16-18)13(19)17-11-6-8(20-2)4-5-9(11)14/h4-7H,3,15H2,1-2H3,(H,17,19). The van der Waals surface area contributed by atoms with Crippen molar-refractivity contribution in [3.8, 4) is 5.75 Å². The molecule has 2 rings (SSSR count).